The Morgan fingerprint density at radius 2 is 2.37 bits per heavy atom. The zero-order valence-electron chi connectivity index (χ0n) is 11.2. The highest BCUT2D eigenvalue weighted by atomic mass is 32.1. The molecular weight excluding hydrogens is 258 g/mol. The van der Waals surface area contributed by atoms with Gasteiger partial charge in [-0.25, -0.2) is 0 Å². The lowest BCUT2D eigenvalue weighted by atomic mass is 10.0. The highest BCUT2D eigenvalue weighted by Gasteiger charge is 2.53. The Kier molecular flexibility index (Phi) is 2.60. The zero-order valence-corrected chi connectivity index (χ0v) is 12.0. The van der Waals surface area contributed by atoms with E-state index in [1.54, 1.807) is 18.4 Å². The van der Waals surface area contributed by atoms with Crippen LogP contribution in [0.3, 0.4) is 0 Å². The van der Waals surface area contributed by atoms with Gasteiger partial charge in [-0.3, -0.25) is 4.40 Å². The first-order valence-electron chi connectivity index (χ1n) is 7.01. The molecule has 2 saturated carbocycles. The normalized spacial score (nSPS) is 20.9. The molecule has 1 N–H and O–H groups in total. The van der Waals surface area contributed by atoms with Crippen molar-refractivity contribution in [2.45, 2.75) is 32.2 Å². The van der Waals surface area contributed by atoms with Crippen LogP contribution in [0.1, 0.15) is 31.4 Å². The van der Waals surface area contributed by atoms with Gasteiger partial charge in [0.2, 0.25) is 5.88 Å². The lowest BCUT2D eigenvalue weighted by Gasteiger charge is -2.14. The number of methoxy groups -OCH3 is 1. The van der Waals surface area contributed by atoms with Gasteiger partial charge in [-0.1, -0.05) is 0 Å². The molecule has 4 rings (SSSR count). The van der Waals surface area contributed by atoms with E-state index in [4.69, 9.17) is 4.74 Å². The first kappa shape index (κ1) is 11.7. The predicted molar refractivity (Wildman–Crippen MR) is 75.7 cm³/mol. The maximum Gasteiger partial charge on any atom is 0.237 e. The molecule has 5 heteroatoms. The van der Waals surface area contributed by atoms with Crippen molar-refractivity contribution in [1.82, 2.24) is 14.7 Å². The van der Waals surface area contributed by atoms with E-state index in [-0.39, 0.29) is 0 Å². The van der Waals surface area contributed by atoms with E-state index in [9.17, 15) is 0 Å². The molecule has 0 atom stereocenters. The van der Waals surface area contributed by atoms with Crippen molar-refractivity contribution in [3.63, 3.8) is 0 Å². The fraction of sp³-hybridized carbons (Fsp3) is 0.643. The predicted octanol–water partition coefficient (Wildman–Crippen LogP) is 2.68. The molecule has 0 aliphatic heterocycles. The van der Waals surface area contributed by atoms with Crippen molar-refractivity contribution in [1.29, 1.82) is 0 Å². The van der Waals surface area contributed by atoms with Crippen molar-refractivity contribution >= 4 is 16.3 Å². The molecule has 4 nitrogen and oxygen atoms in total. The molecule has 0 aromatic carbocycles. The molecule has 0 amide bonds. The highest BCUT2D eigenvalue weighted by molar-refractivity contribution is 7.15. The van der Waals surface area contributed by atoms with E-state index < -0.39 is 0 Å². The number of ether oxygens (including phenoxy) is 1. The third-order valence-corrected chi connectivity index (χ3v) is 5.38. The number of hydrogen-bond acceptors (Lipinski definition) is 4. The third kappa shape index (κ3) is 1.96. The van der Waals surface area contributed by atoms with Crippen LogP contribution in [0, 0.1) is 11.3 Å². The van der Waals surface area contributed by atoms with Crippen molar-refractivity contribution in [3.8, 4) is 5.88 Å². The molecule has 0 spiro atoms. The Bertz CT molecular complexity index is 595. The molecule has 102 valence electrons. The summed E-state index contributed by atoms with van der Waals surface area (Å²) in [6, 6.07) is 0. The van der Waals surface area contributed by atoms with Gasteiger partial charge in [-0.2, -0.15) is 4.98 Å². The Hall–Kier alpha value is -1.07. The fourth-order valence-corrected chi connectivity index (χ4v) is 3.88. The number of imidazole rings is 1. The minimum Gasteiger partial charge on any atom is -0.480 e. The number of thiazole rings is 1. The van der Waals surface area contributed by atoms with Crippen LogP contribution in [-0.4, -0.2) is 23.0 Å². The topological polar surface area (TPSA) is 38.6 Å². The second-order valence-corrected chi connectivity index (χ2v) is 6.74. The van der Waals surface area contributed by atoms with Gasteiger partial charge in [-0.15, -0.1) is 11.3 Å². The second-order valence-electron chi connectivity index (χ2n) is 5.86. The Balaban J connectivity index is 1.47. The lowest BCUT2D eigenvalue weighted by molar-refractivity contribution is 0.381. The summed E-state index contributed by atoms with van der Waals surface area (Å²) in [5, 5.41) is 5.70. The third-order valence-electron chi connectivity index (χ3n) is 4.62. The van der Waals surface area contributed by atoms with Crippen LogP contribution in [0.15, 0.2) is 11.6 Å². The summed E-state index contributed by atoms with van der Waals surface area (Å²) in [7, 11) is 1.70. The first-order valence-corrected chi connectivity index (χ1v) is 7.89. The summed E-state index contributed by atoms with van der Waals surface area (Å²) in [6.45, 7) is 1.99. The molecule has 0 radical (unpaired) electrons. The van der Waals surface area contributed by atoms with Gasteiger partial charge >= 0.3 is 0 Å². The van der Waals surface area contributed by atoms with E-state index in [0.29, 0.717) is 5.41 Å². The van der Waals surface area contributed by atoms with Gasteiger partial charge in [0.15, 0.2) is 4.96 Å². The summed E-state index contributed by atoms with van der Waals surface area (Å²) < 4.78 is 7.51. The molecule has 0 saturated heterocycles. The number of aromatic nitrogens is 2. The summed E-state index contributed by atoms with van der Waals surface area (Å²) in [6.07, 6.45) is 7.81. The first-order chi connectivity index (χ1) is 9.32. The van der Waals surface area contributed by atoms with Crippen molar-refractivity contribution in [3.05, 3.63) is 17.3 Å². The van der Waals surface area contributed by atoms with Crippen LogP contribution in [-0.2, 0) is 6.54 Å². The average Bonchev–Trinajstić information content (AvgIpc) is 3.30. The quantitative estimate of drug-likeness (QED) is 0.882. The zero-order chi connectivity index (χ0) is 12.9. The largest absolute Gasteiger partial charge is 0.480 e. The summed E-state index contributed by atoms with van der Waals surface area (Å²) in [5.41, 5.74) is 1.79. The van der Waals surface area contributed by atoms with Crippen molar-refractivity contribution in [2.75, 3.05) is 13.7 Å². The standard InChI is InChI=1S/C14H19N3OS/c1-18-12-11(17-6-7-19-13(17)16-12)8-15-9-14(4-5-14)10-2-3-10/h6-7,10,15H,2-5,8-9H2,1H3. The Morgan fingerprint density at radius 3 is 3.05 bits per heavy atom. The Morgan fingerprint density at radius 1 is 1.53 bits per heavy atom. The van der Waals surface area contributed by atoms with Gasteiger partial charge in [-0.05, 0) is 37.0 Å². The monoisotopic (exact) mass is 277 g/mol. The fourth-order valence-electron chi connectivity index (χ4n) is 3.15. The van der Waals surface area contributed by atoms with Crippen LogP contribution < -0.4 is 10.1 Å². The highest BCUT2D eigenvalue weighted by Crippen LogP contribution is 2.60. The molecule has 2 fully saturated rings. The van der Waals surface area contributed by atoms with Gasteiger partial charge in [0, 0.05) is 24.7 Å². The second kappa shape index (κ2) is 4.21. The van der Waals surface area contributed by atoms with Crippen LogP contribution in [0.25, 0.3) is 4.96 Å². The SMILES string of the molecule is COc1nc2sccn2c1CNCC1(C2CC2)CC1. The summed E-state index contributed by atoms with van der Waals surface area (Å²) in [4.78, 5) is 5.50. The number of nitrogens with one attached hydrogen (secondary N) is 1. The van der Waals surface area contributed by atoms with E-state index in [1.807, 2.05) is 0 Å². The van der Waals surface area contributed by atoms with Crippen LogP contribution in [0.2, 0.25) is 0 Å². The minimum atomic E-state index is 0.645. The number of nitrogens with zero attached hydrogens (tertiary/aromatic N) is 2. The Labute approximate surface area is 116 Å². The summed E-state index contributed by atoms with van der Waals surface area (Å²) >= 11 is 1.65. The maximum absolute atomic E-state index is 5.38. The van der Waals surface area contributed by atoms with E-state index in [1.165, 1.54) is 25.7 Å². The molecule has 2 aliphatic carbocycles. The smallest absolute Gasteiger partial charge is 0.237 e. The molecule has 19 heavy (non-hydrogen) atoms. The maximum atomic E-state index is 5.38. The van der Waals surface area contributed by atoms with Crippen LogP contribution >= 0.6 is 11.3 Å². The van der Waals surface area contributed by atoms with Crippen LogP contribution in [0.4, 0.5) is 0 Å². The van der Waals surface area contributed by atoms with Crippen LogP contribution in [0.5, 0.6) is 5.88 Å². The summed E-state index contributed by atoms with van der Waals surface area (Å²) in [5.74, 6) is 1.77. The van der Waals surface area contributed by atoms with Gasteiger partial charge in [0.1, 0.15) is 5.69 Å². The molecule has 2 aromatic heterocycles. The molecule has 2 aliphatic rings. The molecule has 2 heterocycles. The van der Waals surface area contributed by atoms with Crippen molar-refractivity contribution < 1.29 is 4.74 Å². The van der Waals surface area contributed by atoms with E-state index >= 15 is 0 Å². The lowest BCUT2D eigenvalue weighted by Crippen LogP contribution is -2.25. The molecular formula is C14H19N3OS. The van der Waals surface area contributed by atoms with E-state index in [0.717, 1.165) is 35.5 Å². The molecule has 2 aromatic rings. The van der Waals surface area contributed by atoms with E-state index in [2.05, 4.69) is 26.3 Å². The molecule has 0 bridgehead atoms. The number of fused-ring (bicyclic) bond motifs is 1. The minimum absolute atomic E-state index is 0.645. The van der Waals surface area contributed by atoms with Gasteiger partial charge in [0.25, 0.3) is 0 Å². The van der Waals surface area contributed by atoms with Gasteiger partial charge in [0.05, 0.1) is 7.11 Å². The average molecular weight is 277 g/mol. The van der Waals surface area contributed by atoms with Crippen molar-refractivity contribution in [2.24, 2.45) is 11.3 Å². The molecule has 0 unspecified atom stereocenters. The van der Waals surface area contributed by atoms with Gasteiger partial charge < -0.3 is 10.1 Å². The number of rotatable bonds is 6. The number of hydrogen-bond donors (Lipinski definition) is 1.